The van der Waals surface area contributed by atoms with Crippen LogP contribution in [0.15, 0.2) is 24.4 Å². The number of hydrogen-bond donors (Lipinski definition) is 2. The third-order valence-electron chi connectivity index (χ3n) is 1.75. The Kier molecular flexibility index (Phi) is 3.87. The van der Waals surface area contributed by atoms with Crippen LogP contribution in [0.25, 0.3) is 0 Å². The molecular weight excluding hydrogens is 182 g/mol. The van der Waals surface area contributed by atoms with Gasteiger partial charge >= 0.3 is 5.97 Å². The molecule has 14 heavy (non-hydrogen) atoms. The first kappa shape index (κ1) is 10.5. The van der Waals surface area contributed by atoms with Crippen LogP contribution < -0.4 is 5.32 Å². The highest BCUT2D eigenvalue weighted by Gasteiger charge is 1.95. The van der Waals surface area contributed by atoms with Crippen molar-refractivity contribution in [3.05, 3.63) is 30.1 Å². The molecule has 0 unspecified atom stereocenters. The maximum Gasteiger partial charge on any atom is 0.328 e. The summed E-state index contributed by atoms with van der Waals surface area (Å²) in [6, 6.07) is 1.91. The Balaban J connectivity index is 2.23. The van der Waals surface area contributed by atoms with E-state index in [4.69, 9.17) is 5.11 Å². The molecule has 5 heteroatoms. The Labute approximate surface area is 82.0 Å². The molecule has 0 spiro atoms. The Morgan fingerprint density at radius 3 is 3.14 bits per heavy atom. The van der Waals surface area contributed by atoms with E-state index in [1.165, 1.54) is 0 Å². The largest absolute Gasteiger partial charge is 0.478 e. The minimum absolute atomic E-state index is 0.539. The average molecular weight is 195 g/mol. The molecule has 0 radical (unpaired) electrons. The summed E-state index contributed by atoms with van der Waals surface area (Å²) in [4.78, 5) is 10.1. The number of hydrogen-bond acceptors (Lipinski definition) is 3. The zero-order valence-corrected chi connectivity index (χ0v) is 7.97. The van der Waals surface area contributed by atoms with Gasteiger partial charge in [-0.05, 0) is 6.07 Å². The molecule has 0 fully saturated rings. The van der Waals surface area contributed by atoms with Crippen molar-refractivity contribution in [2.45, 2.75) is 6.54 Å². The summed E-state index contributed by atoms with van der Waals surface area (Å²) < 4.78 is 1.77. The molecule has 1 aromatic heterocycles. The van der Waals surface area contributed by atoms with Crippen LogP contribution in [0.4, 0.5) is 0 Å². The van der Waals surface area contributed by atoms with E-state index in [9.17, 15) is 4.79 Å². The fraction of sp³-hybridized carbons (Fsp3) is 0.333. The third-order valence-corrected chi connectivity index (χ3v) is 1.75. The molecule has 5 nitrogen and oxygen atoms in total. The van der Waals surface area contributed by atoms with Gasteiger partial charge in [-0.2, -0.15) is 5.10 Å². The number of carboxylic acid groups (broad SMARTS) is 1. The van der Waals surface area contributed by atoms with Crippen molar-refractivity contribution in [2.75, 3.05) is 6.54 Å². The Morgan fingerprint density at radius 1 is 1.79 bits per heavy atom. The number of carboxylic acids is 1. The number of nitrogens with one attached hydrogen (secondary N) is 1. The van der Waals surface area contributed by atoms with E-state index in [0.29, 0.717) is 13.1 Å². The normalized spacial score (nSPS) is 10.9. The Bertz CT molecular complexity index is 331. The van der Waals surface area contributed by atoms with Gasteiger partial charge < -0.3 is 10.4 Å². The van der Waals surface area contributed by atoms with E-state index in [1.807, 2.05) is 13.1 Å². The molecule has 0 amide bonds. The lowest BCUT2D eigenvalue weighted by Crippen LogP contribution is -2.15. The summed E-state index contributed by atoms with van der Waals surface area (Å²) in [6.45, 7) is 1.22. The lowest BCUT2D eigenvalue weighted by Gasteiger charge is -2.01. The first-order chi connectivity index (χ1) is 6.70. The number of aryl methyl sites for hydroxylation is 1. The number of aliphatic carboxylic acids is 1. The minimum atomic E-state index is -0.924. The van der Waals surface area contributed by atoms with Crippen molar-refractivity contribution in [1.29, 1.82) is 0 Å². The van der Waals surface area contributed by atoms with Gasteiger partial charge in [-0.1, -0.05) is 6.08 Å². The lowest BCUT2D eigenvalue weighted by molar-refractivity contribution is -0.131. The van der Waals surface area contributed by atoms with Gasteiger partial charge in [0.2, 0.25) is 0 Å². The van der Waals surface area contributed by atoms with Gasteiger partial charge in [0.05, 0.1) is 5.69 Å². The predicted octanol–water partition coefficient (Wildman–Crippen LogP) is 0.150. The number of nitrogens with zero attached hydrogens (tertiary/aromatic N) is 2. The van der Waals surface area contributed by atoms with Gasteiger partial charge in [-0.3, -0.25) is 4.68 Å². The second-order valence-corrected chi connectivity index (χ2v) is 2.82. The van der Waals surface area contributed by atoms with Gasteiger partial charge in [0, 0.05) is 32.4 Å². The fourth-order valence-electron chi connectivity index (χ4n) is 1.02. The first-order valence-electron chi connectivity index (χ1n) is 4.27. The van der Waals surface area contributed by atoms with Gasteiger partial charge in [-0.25, -0.2) is 4.79 Å². The van der Waals surface area contributed by atoms with Gasteiger partial charge in [0.1, 0.15) is 0 Å². The molecule has 0 aliphatic carbocycles. The highest BCUT2D eigenvalue weighted by Crippen LogP contribution is 1.94. The minimum Gasteiger partial charge on any atom is -0.478 e. The molecule has 76 valence electrons. The summed E-state index contributed by atoms with van der Waals surface area (Å²) in [6.07, 6.45) is 4.42. The van der Waals surface area contributed by atoms with Crippen LogP contribution >= 0.6 is 0 Å². The van der Waals surface area contributed by atoms with Crippen LogP contribution in [0.5, 0.6) is 0 Å². The van der Waals surface area contributed by atoms with Crippen LogP contribution in [-0.2, 0) is 18.4 Å². The molecule has 0 aliphatic rings. The second-order valence-electron chi connectivity index (χ2n) is 2.82. The highest BCUT2D eigenvalue weighted by atomic mass is 16.4. The number of rotatable bonds is 5. The quantitative estimate of drug-likeness (QED) is 0.518. The Hall–Kier alpha value is -1.62. The van der Waals surface area contributed by atoms with Crippen LogP contribution in [-0.4, -0.2) is 27.4 Å². The molecule has 0 bridgehead atoms. The maximum absolute atomic E-state index is 10.1. The third kappa shape index (κ3) is 3.40. The summed E-state index contributed by atoms with van der Waals surface area (Å²) in [5.74, 6) is -0.924. The summed E-state index contributed by atoms with van der Waals surface area (Å²) in [7, 11) is 1.87. The molecular formula is C9H13N3O2. The topological polar surface area (TPSA) is 67.2 Å². The van der Waals surface area contributed by atoms with E-state index in [-0.39, 0.29) is 0 Å². The van der Waals surface area contributed by atoms with Gasteiger partial charge in [0.15, 0.2) is 0 Å². The van der Waals surface area contributed by atoms with Crippen molar-refractivity contribution in [3.8, 4) is 0 Å². The van der Waals surface area contributed by atoms with E-state index < -0.39 is 5.97 Å². The summed E-state index contributed by atoms with van der Waals surface area (Å²) in [5.41, 5.74) is 1.06. The van der Waals surface area contributed by atoms with E-state index >= 15 is 0 Å². The summed E-state index contributed by atoms with van der Waals surface area (Å²) >= 11 is 0. The molecule has 0 saturated carbocycles. The zero-order chi connectivity index (χ0) is 10.4. The van der Waals surface area contributed by atoms with Crippen LogP contribution in [0, 0.1) is 0 Å². The van der Waals surface area contributed by atoms with Crippen molar-refractivity contribution in [3.63, 3.8) is 0 Å². The van der Waals surface area contributed by atoms with E-state index in [2.05, 4.69) is 10.4 Å². The average Bonchev–Trinajstić information content (AvgIpc) is 2.51. The van der Waals surface area contributed by atoms with E-state index in [0.717, 1.165) is 11.8 Å². The zero-order valence-electron chi connectivity index (χ0n) is 7.97. The van der Waals surface area contributed by atoms with Crippen molar-refractivity contribution < 1.29 is 9.90 Å². The van der Waals surface area contributed by atoms with E-state index in [1.54, 1.807) is 17.0 Å². The smallest absolute Gasteiger partial charge is 0.328 e. The van der Waals surface area contributed by atoms with Crippen molar-refractivity contribution in [1.82, 2.24) is 15.1 Å². The van der Waals surface area contributed by atoms with Gasteiger partial charge in [0.25, 0.3) is 0 Å². The van der Waals surface area contributed by atoms with Gasteiger partial charge in [-0.15, -0.1) is 0 Å². The second kappa shape index (κ2) is 5.18. The van der Waals surface area contributed by atoms with Crippen LogP contribution in [0.1, 0.15) is 5.69 Å². The molecule has 1 heterocycles. The molecule has 0 saturated heterocycles. The molecule has 0 aromatic carbocycles. The predicted molar refractivity (Wildman–Crippen MR) is 51.7 cm³/mol. The SMILES string of the molecule is Cn1nccc1CNC/C=C/C(=O)O. The molecule has 1 rings (SSSR count). The number of carbonyl (C=O) groups is 1. The molecule has 0 aliphatic heterocycles. The monoisotopic (exact) mass is 195 g/mol. The molecule has 2 N–H and O–H groups in total. The maximum atomic E-state index is 10.1. The Morgan fingerprint density at radius 2 is 2.57 bits per heavy atom. The molecule has 0 atom stereocenters. The highest BCUT2D eigenvalue weighted by molar-refractivity contribution is 5.79. The fourth-order valence-corrected chi connectivity index (χ4v) is 1.02. The lowest BCUT2D eigenvalue weighted by atomic mass is 10.4. The van der Waals surface area contributed by atoms with Crippen molar-refractivity contribution >= 4 is 5.97 Å². The van der Waals surface area contributed by atoms with Crippen LogP contribution in [0.3, 0.4) is 0 Å². The standard InChI is InChI=1S/C9H13N3O2/c1-12-8(4-6-11-12)7-10-5-2-3-9(13)14/h2-4,6,10H,5,7H2,1H3,(H,13,14)/b3-2+. The van der Waals surface area contributed by atoms with Crippen molar-refractivity contribution in [2.24, 2.45) is 7.05 Å². The molecule has 1 aromatic rings. The number of aromatic nitrogens is 2. The van der Waals surface area contributed by atoms with Crippen LogP contribution in [0.2, 0.25) is 0 Å². The first-order valence-corrected chi connectivity index (χ1v) is 4.27. The summed E-state index contributed by atoms with van der Waals surface area (Å²) in [5, 5.41) is 15.4.